The van der Waals surface area contributed by atoms with Gasteiger partial charge in [0.2, 0.25) is 0 Å². The number of carbonyl (C=O) groups excluding carboxylic acids is 1. The van der Waals surface area contributed by atoms with Gasteiger partial charge in [0.15, 0.2) is 0 Å². The van der Waals surface area contributed by atoms with Crippen molar-refractivity contribution in [3.8, 4) is 5.75 Å². The Morgan fingerprint density at radius 3 is 2.65 bits per heavy atom. The van der Waals surface area contributed by atoms with Crippen LogP contribution in [0, 0.1) is 0 Å². The third-order valence-electron chi connectivity index (χ3n) is 3.15. The number of likely N-dealkylation sites (N-methyl/N-ethyl adjacent to an activating group) is 1. The summed E-state index contributed by atoms with van der Waals surface area (Å²) >= 11 is 0. The second-order valence-corrected chi connectivity index (χ2v) is 4.55. The lowest BCUT2D eigenvalue weighted by Gasteiger charge is -2.20. The summed E-state index contributed by atoms with van der Waals surface area (Å²) in [5.41, 5.74) is 1.62. The monoisotopic (exact) mass is 270 g/mol. The molecular weight excluding hydrogens is 252 g/mol. The van der Waals surface area contributed by atoms with Crippen molar-refractivity contribution in [1.29, 1.82) is 0 Å². The van der Waals surface area contributed by atoms with Crippen LogP contribution in [0.4, 0.5) is 0 Å². The molecule has 0 unspecified atom stereocenters. The molecule has 0 bridgehead atoms. The summed E-state index contributed by atoms with van der Waals surface area (Å²) in [7, 11) is 0. The molecule has 0 aliphatic rings. The molecule has 1 heterocycles. The van der Waals surface area contributed by atoms with Crippen LogP contribution in [-0.2, 0) is 6.42 Å². The van der Waals surface area contributed by atoms with Crippen LogP contribution < -0.4 is 0 Å². The number of aromatic nitrogens is 1. The second-order valence-electron chi connectivity index (χ2n) is 4.55. The highest BCUT2D eigenvalue weighted by Gasteiger charge is 2.14. The van der Waals surface area contributed by atoms with E-state index in [4.69, 9.17) is 0 Å². The van der Waals surface area contributed by atoms with Crippen molar-refractivity contribution in [1.82, 2.24) is 9.88 Å². The fraction of sp³-hybridized carbons (Fsp3) is 0.250. The quantitative estimate of drug-likeness (QED) is 0.908. The molecule has 0 fully saturated rings. The number of pyridine rings is 1. The lowest BCUT2D eigenvalue weighted by molar-refractivity contribution is 0.0765. The van der Waals surface area contributed by atoms with Crippen LogP contribution in [0.5, 0.6) is 5.75 Å². The van der Waals surface area contributed by atoms with E-state index < -0.39 is 0 Å². The van der Waals surface area contributed by atoms with Crippen LogP contribution in [-0.4, -0.2) is 34.0 Å². The SMILES string of the molecule is CCN(CCc1ccccc1)C(=O)c1cncc(O)c1. The van der Waals surface area contributed by atoms with Gasteiger partial charge >= 0.3 is 0 Å². The van der Waals surface area contributed by atoms with Crippen molar-refractivity contribution in [2.24, 2.45) is 0 Å². The molecule has 1 N–H and O–H groups in total. The molecule has 0 spiro atoms. The van der Waals surface area contributed by atoms with Crippen molar-refractivity contribution < 1.29 is 9.90 Å². The third-order valence-corrected chi connectivity index (χ3v) is 3.15. The molecule has 1 aromatic carbocycles. The first-order valence-corrected chi connectivity index (χ1v) is 6.68. The van der Waals surface area contributed by atoms with Crippen molar-refractivity contribution in [3.05, 3.63) is 59.9 Å². The highest BCUT2D eigenvalue weighted by molar-refractivity contribution is 5.94. The normalized spacial score (nSPS) is 10.2. The van der Waals surface area contributed by atoms with Gasteiger partial charge in [0.1, 0.15) is 5.75 Å². The van der Waals surface area contributed by atoms with E-state index in [1.807, 2.05) is 37.3 Å². The maximum absolute atomic E-state index is 12.3. The van der Waals surface area contributed by atoms with Crippen molar-refractivity contribution in [2.75, 3.05) is 13.1 Å². The van der Waals surface area contributed by atoms with Crippen LogP contribution in [0.1, 0.15) is 22.8 Å². The van der Waals surface area contributed by atoms with Crippen LogP contribution in [0.25, 0.3) is 0 Å². The number of hydrogen-bond acceptors (Lipinski definition) is 3. The minimum atomic E-state index is -0.105. The molecule has 0 atom stereocenters. The van der Waals surface area contributed by atoms with Gasteiger partial charge in [0.25, 0.3) is 5.91 Å². The van der Waals surface area contributed by atoms with Crippen molar-refractivity contribution in [2.45, 2.75) is 13.3 Å². The summed E-state index contributed by atoms with van der Waals surface area (Å²) in [5, 5.41) is 9.39. The molecule has 0 saturated heterocycles. The predicted molar refractivity (Wildman–Crippen MR) is 77.6 cm³/mol. The van der Waals surface area contributed by atoms with Gasteiger partial charge in [-0.25, -0.2) is 0 Å². The van der Waals surface area contributed by atoms with E-state index in [-0.39, 0.29) is 11.7 Å². The Kier molecular flexibility index (Phi) is 4.71. The van der Waals surface area contributed by atoms with E-state index in [1.54, 1.807) is 4.90 Å². The first-order chi connectivity index (χ1) is 9.70. The Bertz CT molecular complexity index is 570. The minimum Gasteiger partial charge on any atom is -0.506 e. The van der Waals surface area contributed by atoms with E-state index >= 15 is 0 Å². The fourth-order valence-corrected chi connectivity index (χ4v) is 2.04. The van der Waals surface area contributed by atoms with Gasteiger partial charge < -0.3 is 10.0 Å². The Labute approximate surface area is 118 Å². The first kappa shape index (κ1) is 14.1. The maximum atomic E-state index is 12.3. The lowest BCUT2D eigenvalue weighted by atomic mass is 10.1. The van der Waals surface area contributed by atoms with Gasteiger partial charge in [-0.2, -0.15) is 0 Å². The molecule has 2 aromatic rings. The molecule has 4 nitrogen and oxygen atoms in total. The predicted octanol–water partition coefficient (Wildman–Crippen LogP) is 2.49. The molecule has 1 aromatic heterocycles. The van der Waals surface area contributed by atoms with Gasteiger partial charge in [-0.05, 0) is 25.0 Å². The summed E-state index contributed by atoms with van der Waals surface area (Å²) in [6.45, 7) is 3.22. The number of rotatable bonds is 5. The molecule has 4 heteroatoms. The Morgan fingerprint density at radius 2 is 2.00 bits per heavy atom. The van der Waals surface area contributed by atoms with Crippen molar-refractivity contribution in [3.63, 3.8) is 0 Å². The Balaban J connectivity index is 2.03. The van der Waals surface area contributed by atoms with Crippen LogP contribution in [0.3, 0.4) is 0 Å². The van der Waals surface area contributed by atoms with E-state index in [2.05, 4.69) is 4.98 Å². The lowest BCUT2D eigenvalue weighted by Crippen LogP contribution is -2.32. The average molecular weight is 270 g/mol. The topological polar surface area (TPSA) is 53.4 Å². The molecule has 0 radical (unpaired) electrons. The van der Waals surface area contributed by atoms with Gasteiger partial charge in [0.05, 0.1) is 11.8 Å². The average Bonchev–Trinajstić information content (AvgIpc) is 2.48. The highest BCUT2D eigenvalue weighted by atomic mass is 16.3. The summed E-state index contributed by atoms with van der Waals surface area (Å²) in [6, 6.07) is 11.5. The molecule has 2 rings (SSSR count). The second kappa shape index (κ2) is 6.70. The zero-order valence-corrected chi connectivity index (χ0v) is 11.5. The molecule has 0 saturated carbocycles. The van der Waals surface area contributed by atoms with Crippen LogP contribution >= 0.6 is 0 Å². The number of benzene rings is 1. The fourth-order valence-electron chi connectivity index (χ4n) is 2.04. The highest BCUT2D eigenvalue weighted by Crippen LogP contribution is 2.11. The molecule has 0 aliphatic carbocycles. The minimum absolute atomic E-state index is 0.00922. The summed E-state index contributed by atoms with van der Waals surface area (Å²) in [5.74, 6) is -0.0956. The van der Waals surface area contributed by atoms with E-state index in [0.29, 0.717) is 18.7 Å². The summed E-state index contributed by atoms with van der Waals surface area (Å²) in [4.78, 5) is 17.9. The van der Waals surface area contributed by atoms with E-state index in [0.717, 1.165) is 6.42 Å². The third kappa shape index (κ3) is 3.57. The molecular formula is C16H18N2O2. The summed E-state index contributed by atoms with van der Waals surface area (Å²) in [6.07, 6.45) is 3.61. The van der Waals surface area contributed by atoms with Gasteiger partial charge in [-0.1, -0.05) is 30.3 Å². The first-order valence-electron chi connectivity index (χ1n) is 6.68. The van der Waals surface area contributed by atoms with Gasteiger partial charge in [-0.15, -0.1) is 0 Å². The number of amides is 1. The van der Waals surface area contributed by atoms with Crippen LogP contribution in [0.2, 0.25) is 0 Å². The summed E-state index contributed by atoms with van der Waals surface area (Å²) < 4.78 is 0. The molecule has 0 aliphatic heterocycles. The number of nitrogens with zero attached hydrogens (tertiary/aromatic N) is 2. The number of hydrogen-bond donors (Lipinski definition) is 1. The molecule has 104 valence electrons. The van der Waals surface area contributed by atoms with Gasteiger partial charge in [-0.3, -0.25) is 9.78 Å². The largest absolute Gasteiger partial charge is 0.506 e. The molecule has 20 heavy (non-hydrogen) atoms. The van der Waals surface area contributed by atoms with Gasteiger partial charge in [0, 0.05) is 19.3 Å². The zero-order chi connectivity index (χ0) is 14.4. The van der Waals surface area contributed by atoms with Crippen LogP contribution in [0.15, 0.2) is 48.8 Å². The zero-order valence-electron chi connectivity index (χ0n) is 11.5. The number of aromatic hydroxyl groups is 1. The standard InChI is InChI=1S/C16H18N2O2/c1-2-18(9-8-13-6-4-3-5-7-13)16(20)14-10-15(19)12-17-11-14/h3-7,10-12,19H,2,8-9H2,1H3. The Hall–Kier alpha value is -2.36. The molecule has 1 amide bonds. The van der Waals surface area contributed by atoms with E-state index in [1.165, 1.54) is 24.0 Å². The van der Waals surface area contributed by atoms with Crippen molar-refractivity contribution >= 4 is 5.91 Å². The maximum Gasteiger partial charge on any atom is 0.255 e. The smallest absolute Gasteiger partial charge is 0.255 e. The number of carbonyl (C=O) groups is 1. The van der Waals surface area contributed by atoms with E-state index in [9.17, 15) is 9.90 Å². The Morgan fingerprint density at radius 1 is 1.25 bits per heavy atom.